The second-order valence-corrected chi connectivity index (χ2v) is 5.93. The van der Waals surface area contributed by atoms with Crippen LogP contribution >= 0.6 is 0 Å². The summed E-state index contributed by atoms with van der Waals surface area (Å²) < 4.78 is 5.16. The first-order valence-electron chi connectivity index (χ1n) is 8.04. The number of furan rings is 1. The third-order valence-corrected chi connectivity index (χ3v) is 4.17. The Balaban J connectivity index is 1.50. The highest BCUT2D eigenvalue weighted by Crippen LogP contribution is 2.16. The van der Waals surface area contributed by atoms with E-state index in [0.29, 0.717) is 25.3 Å². The van der Waals surface area contributed by atoms with Crippen molar-refractivity contribution in [2.24, 2.45) is 0 Å². The molecular weight excluding hydrogens is 306 g/mol. The molecule has 0 radical (unpaired) electrons. The lowest BCUT2D eigenvalue weighted by molar-refractivity contribution is -0.129. The fourth-order valence-corrected chi connectivity index (χ4v) is 2.76. The van der Waals surface area contributed by atoms with Crippen LogP contribution in [0.4, 0.5) is 0 Å². The molecule has 0 saturated carbocycles. The van der Waals surface area contributed by atoms with Gasteiger partial charge in [0.1, 0.15) is 11.8 Å². The third kappa shape index (κ3) is 3.83. The number of carbonyl (C=O) groups is 2. The zero-order valence-electron chi connectivity index (χ0n) is 13.5. The summed E-state index contributed by atoms with van der Waals surface area (Å²) in [6.07, 6.45) is 2.18. The standard InChI is InChI=1S/C18H21N3O3/c1-12(17(22)20-11-15-7-4-8-24-15)21-18(23)16-9-13-5-2-3-6-14(13)10-19-16/h2-8,12,16,19H,9-11H2,1H3,(H,20,22)(H,21,23)/t12-,16+/m0/s1. The molecule has 0 bridgehead atoms. The van der Waals surface area contributed by atoms with Gasteiger partial charge < -0.3 is 20.4 Å². The lowest BCUT2D eigenvalue weighted by atomic mass is 9.95. The molecule has 1 aromatic heterocycles. The van der Waals surface area contributed by atoms with E-state index in [-0.39, 0.29) is 17.9 Å². The van der Waals surface area contributed by atoms with Crippen molar-refractivity contribution in [2.75, 3.05) is 0 Å². The van der Waals surface area contributed by atoms with Gasteiger partial charge in [-0.15, -0.1) is 0 Å². The van der Waals surface area contributed by atoms with Crippen LogP contribution in [-0.4, -0.2) is 23.9 Å². The van der Waals surface area contributed by atoms with Crippen molar-refractivity contribution in [1.29, 1.82) is 0 Å². The minimum Gasteiger partial charge on any atom is -0.467 e. The molecule has 24 heavy (non-hydrogen) atoms. The monoisotopic (exact) mass is 327 g/mol. The van der Waals surface area contributed by atoms with Crippen LogP contribution in [0.3, 0.4) is 0 Å². The van der Waals surface area contributed by atoms with Gasteiger partial charge in [-0.2, -0.15) is 0 Å². The number of carbonyl (C=O) groups excluding carboxylic acids is 2. The summed E-state index contributed by atoms with van der Waals surface area (Å²) in [4.78, 5) is 24.5. The van der Waals surface area contributed by atoms with E-state index in [1.165, 1.54) is 11.1 Å². The number of hydrogen-bond acceptors (Lipinski definition) is 4. The molecule has 2 aromatic rings. The molecule has 2 amide bonds. The van der Waals surface area contributed by atoms with Crippen LogP contribution in [0.1, 0.15) is 23.8 Å². The molecule has 1 aromatic carbocycles. The van der Waals surface area contributed by atoms with Crippen LogP contribution in [-0.2, 0) is 29.1 Å². The highest BCUT2D eigenvalue weighted by atomic mass is 16.3. The van der Waals surface area contributed by atoms with Crippen molar-refractivity contribution in [3.63, 3.8) is 0 Å². The second kappa shape index (κ2) is 7.31. The highest BCUT2D eigenvalue weighted by molar-refractivity contribution is 5.89. The summed E-state index contributed by atoms with van der Waals surface area (Å²) in [7, 11) is 0. The Morgan fingerprint density at radius 3 is 2.79 bits per heavy atom. The first-order chi connectivity index (χ1) is 11.6. The topological polar surface area (TPSA) is 83.4 Å². The van der Waals surface area contributed by atoms with Crippen molar-refractivity contribution in [3.8, 4) is 0 Å². The Kier molecular flexibility index (Phi) is 4.96. The van der Waals surface area contributed by atoms with E-state index >= 15 is 0 Å². The van der Waals surface area contributed by atoms with Crippen molar-refractivity contribution >= 4 is 11.8 Å². The van der Waals surface area contributed by atoms with E-state index in [1.807, 2.05) is 18.2 Å². The van der Waals surface area contributed by atoms with Gasteiger partial charge in [0, 0.05) is 6.54 Å². The average molecular weight is 327 g/mol. The summed E-state index contributed by atoms with van der Waals surface area (Å²) in [5, 5.41) is 8.72. The largest absolute Gasteiger partial charge is 0.467 e. The molecule has 2 atom stereocenters. The quantitative estimate of drug-likeness (QED) is 0.768. The van der Waals surface area contributed by atoms with E-state index in [1.54, 1.807) is 25.3 Å². The van der Waals surface area contributed by atoms with Crippen molar-refractivity contribution in [3.05, 3.63) is 59.5 Å². The van der Waals surface area contributed by atoms with Crippen molar-refractivity contribution in [2.45, 2.75) is 38.5 Å². The van der Waals surface area contributed by atoms with Crippen LogP contribution in [0.15, 0.2) is 47.1 Å². The lowest BCUT2D eigenvalue weighted by Gasteiger charge is -2.26. The van der Waals surface area contributed by atoms with Gasteiger partial charge in [-0.1, -0.05) is 24.3 Å². The molecule has 1 aliphatic rings. The number of hydrogen-bond donors (Lipinski definition) is 3. The summed E-state index contributed by atoms with van der Waals surface area (Å²) in [6, 6.07) is 10.7. The van der Waals surface area contributed by atoms with Gasteiger partial charge >= 0.3 is 0 Å². The predicted octanol–water partition coefficient (Wildman–Crippen LogP) is 1.11. The Morgan fingerprint density at radius 1 is 1.25 bits per heavy atom. The van der Waals surface area contributed by atoms with Crippen molar-refractivity contribution < 1.29 is 14.0 Å². The summed E-state index contributed by atoms with van der Waals surface area (Å²) >= 11 is 0. The Bertz CT molecular complexity index is 712. The van der Waals surface area contributed by atoms with E-state index in [4.69, 9.17) is 4.42 Å². The van der Waals surface area contributed by atoms with Gasteiger partial charge in [0.15, 0.2) is 0 Å². The van der Waals surface area contributed by atoms with Crippen LogP contribution in [0, 0.1) is 0 Å². The van der Waals surface area contributed by atoms with Gasteiger partial charge in [-0.3, -0.25) is 9.59 Å². The van der Waals surface area contributed by atoms with Gasteiger partial charge in [-0.05, 0) is 36.6 Å². The molecule has 3 N–H and O–H groups in total. The molecule has 0 unspecified atom stereocenters. The zero-order chi connectivity index (χ0) is 16.9. The Hall–Kier alpha value is -2.60. The summed E-state index contributed by atoms with van der Waals surface area (Å²) in [5.41, 5.74) is 2.39. The fraction of sp³-hybridized carbons (Fsp3) is 0.333. The molecule has 1 aliphatic heterocycles. The predicted molar refractivity (Wildman–Crippen MR) is 88.9 cm³/mol. The number of amides is 2. The summed E-state index contributed by atoms with van der Waals surface area (Å²) in [6.45, 7) is 2.64. The van der Waals surface area contributed by atoms with E-state index < -0.39 is 6.04 Å². The molecule has 6 heteroatoms. The fourth-order valence-electron chi connectivity index (χ4n) is 2.76. The second-order valence-electron chi connectivity index (χ2n) is 5.93. The minimum absolute atomic E-state index is 0.162. The van der Waals surface area contributed by atoms with Gasteiger partial charge in [0.05, 0.1) is 18.8 Å². The molecule has 3 rings (SSSR count). The van der Waals surface area contributed by atoms with E-state index in [2.05, 4.69) is 22.0 Å². The maximum Gasteiger partial charge on any atom is 0.242 e. The molecule has 126 valence electrons. The number of benzene rings is 1. The van der Waals surface area contributed by atoms with Crippen LogP contribution in [0.2, 0.25) is 0 Å². The highest BCUT2D eigenvalue weighted by Gasteiger charge is 2.26. The third-order valence-electron chi connectivity index (χ3n) is 4.17. The van der Waals surface area contributed by atoms with Gasteiger partial charge in [0.2, 0.25) is 11.8 Å². The number of fused-ring (bicyclic) bond motifs is 1. The van der Waals surface area contributed by atoms with Gasteiger partial charge in [0.25, 0.3) is 0 Å². The molecular formula is C18H21N3O3. The van der Waals surface area contributed by atoms with Crippen LogP contribution < -0.4 is 16.0 Å². The number of nitrogens with one attached hydrogen (secondary N) is 3. The maximum atomic E-state index is 12.4. The Morgan fingerprint density at radius 2 is 2.04 bits per heavy atom. The molecule has 0 spiro atoms. The van der Waals surface area contributed by atoms with Crippen LogP contribution in [0.25, 0.3) is 0 Å². The zero-order valence-corrected chi connectivity index (χ0v) is 13.5. The molecule has 0 saturated heterocycles. The Labute approximate surface area is 140 Å². The number of rotatable bonds is 5. The normalized spacial score (nSPS) is 17.6. The first-order valence-corrected chi connectivity index (χ1v) is 8.04. The van der Waals surface area contributed by atoms with Crippen LogP contribution in [0.5, 0.6) is 0 Å². The van der Waals surface area contributed by atoms with E-state index in [0.717, 1.165) is 0 Å². The molecule has 6 nitrogen and oxygen atoms in total. The van der Waals surface area contributed by atoms with Crippen molar-refractivity contribution in [1.82, 2.24) is 16.0 Å². The molecule has 0 fully saturated rings. The maximum absolute atomic E-state index is 12.4. The smallest absolute Gasteiger partial charge is 0.242 e. The lowest BCUT2D eigenvalue weighted by Crippen LogP contribution is -2.53. The molecule has 2 heterocycles. The van der Waals surface area contributed by atoms with Gasteiger partial charge in [-0.25, -0.2) is 0 Å². The van der Waals surface area contributed by atoms with E-state index in [9.17, 15) is 9.59 Å². The first kappa shape index (κ1) is 16.3. The minimum atomic E-state index is -0.605. The molecule has 0 aliphatic carbocycles. The summed E-state index contributed by atoms with van der Waals surface area (Å²) in [5.74, 6) is 0.272. The average Bonchev–Trinajstić information content (AvgIpc) is 3.12. The SMILES string of the molecule is C[C@H](NC(=O)[C@H]1Cc2ccccc2CN1)C(=O)NCc1ccco1.